The highest BCUT2D eigenvalue weighted by atomic mass is 16.5. The van der Waals surface area contributed by atoms with Crippen LogP contribution in [0.2, 0.25) is 0 Å². The summed E-state index contributed by atoms with van der Waals surface area (Å²) < 4.78 is 5.99. The molecule has 1 N–H and O–H groups in total. The summed E-state index contributed by atoms with van der Waals surface area (Å²) in [5, 5.41) is 7.12. The number of hydrogen-bond acceptors (Lipinski definition) is 4. The summed E-state index contributed by atoms with van der Waals surface area (Å²) in [5.41, 5.74) is 7.33. The molecule has 0 aliphatic carbocycles. The van der Waals surface area contributed by atoms with Gasteiger partial charge in [0.2, 0.25) is 5.91 Å². The maximum absolute atomic E-state index is 11.6. The van der Waals surface area contributed by atoms with Crippen molar-refractivity contribution >= 4 is 28.1 Å². The first-order chi connectivity index (χ1) is 18.1. The number of H-pyrrole nitrogens is 1. The van der Waals surface area contributed by atoms with Crippen molar-refractivity contribution in [2.24, 2.45) is 0 Å². The van der Waals surface area contributed by atoms with Gasteiger partial charge in [-0.25, -0.2) is 4.98 Å². The molecule has 0 saturated heterocycles. The topological polar surface area (TPSA) is 71.1 Å². The SMILES string of the molecule is CC/C(=C(/c1ccc(OCCCC/C=C/C(=O)N(C)C)cc1)c1ccc2[nH]ncc2n1)c1ccccc1. The maximum Gasteiger partial charge on any atom is 0.245 e. The van der Waals surface area contributed by atoms with E-state index in [9.17, 15) is 4.79 Å². The first kappa shape index (κ1) is 25.9. The number of nitrogens with one attached hydrogen (secondary N) is 1. The van der Waals surface area contributed by atoms with Crippen LogP contribution in [0.1, 0.15) is 49.4 Å². The van der Waals surface area contributed by atoms with Gasteiger partial charge in [-0.2, -0.15) is 5.10 Å². The second kappa shape index (κ2) is 12.7. The van der Waals surface area contributed by atoms with Crippen molar-refractivity contribution in [2.75, 3.05) is 20.7 Å². The molecule has 37 heavy (non-hydrogen) atoms. The minimum atomic E-state index is 0.0168. The molecule has 1 amide bonds. The van der Waals surface area contributed by atoms with Crippen LogP contribution < -0.4 is 4.74 Å². The van der Waals surface area contributed by atoms with Gasteiger partial charge in [0.25, 0.3) is 0 Å². The Balaban J connectivity index is 1.50. The zero-order chi connectivity index (χ0) is 26.0. The molecule has 0 saturated carbocycles. The van der Waals surface area contributed by atoms with E-state index in [2.05, 4.69) is 59.6 Å². The molecule has 0 radical (unpaired) electrons. The van der Waals surface area contributed by atoms with E-state index >= 15 is 0 Å². The molecule has 0 unspecified atom stereocenters. The number of unbranched alkanes of at least 4 members (excludes halogenated alkanes) is 2. The number of carbonyl (C=O) groups excluding carboxylic acids is 1. The van der Waals surface area contributed by atoms with E-state index in [1.807, 2.05) is 30.3 Å². The number of benzene rings is 2. The van der Waals surface area contributed by atoms with Crippen LogP contribution in [0.4, 0.5) is 0 Å². The molecule has 6 heteroatoms. The Morgan fingerprint density at radius 3 is 2.49 bits per heavy atom. The molecule has 0 aliphatic heterocycles. The number of aromatic amines is 1. The Morgan fingerprint density at radius 2 is 1.76 bits per heavy atom. The summed E-state index contributed by atoms with van der Waals surface area (Å²) >= 11 is 0. The lowest BCUT2D eigenvalue weighted by Gasteiger charge is -2.16. The summed E-state index contributed by atoms with van der Waals surface area (Å²) in [6.07, 6.45) is 8.96. The van der Waals surface area contributed by atoms with Crippen LogP contribution in [0, 0.1) is 0 Å². The first-order valence-electron chi connectivity index (χ1n) is 12.8. The second-order valence-corrected chi connectivity index (χ2v) is 9.08. The van der Waals surface area contributed by atoms with E-state index in [-0.39, 0.29) is 5.91 Å². The van der Waals surface area contributed by atoms with E-state index in [1.165, 1.54) is 11.1 Å². The number of fused-ring (bicyclic) bond motifs is 1. The number of amides is 1. The van der Waals surface area contributed by atoms with Gasteiger partial charge in [0.05, 0.1) is 24.0 Å². The number of allylic oxidation sites excluding steroid dienone is 2. The molecule has 0 atom stereocenters. The molecule has 0 spiro atoms. The van der Waals surface area contributed by atoms with Crippen molar-refractivity contribution in [3.8, 4) is 5.75 Å². The van der Waals surface area contributed by atoms with Gasteiger partial charge in [-0.15, -0.1) is 0 Å². The molecular weight excluding hydrogens is 460 g/mol. The van der Waals surface area contributed by atoms with Crippen LogP contribution in [0.5, 0.6) is 5.75 Å². The van der Waals surface area contributed by atoms with Crippen LogP contribution in [0.15, 0.2) is 85.1 Å². The fraction of sp³-hybridized carbons (Fsp3) is 0.258. The fourth-order valence-electron chi connectivity index (χ4n) is 4.22. The first-order valence-corrected chi connectivity index (χ1v) is 12.8. The van der Waals surface area contributed by atoms with Gasteiger partial charge in [0.15, 0.2) is 0 Å². The van der Waals surface area contributed by atoms with Gasteiger partial charge in [-0.3, -0.25) is 9.89 Å². The Hall–Kier alpha value is -4.19. The van der Waals surface area contributed by atoms with E-state index in [4.69, 9.17) is 9.72 Å². The standard InChI is InChI=1S/C31H34N4O2/c1-4-26(23-12-8-7-9-13-23)31(28-20-19-27-29(33-28)22-32-34-27)24-15-17-25(18-16-24)37-21-11-6-5-10-14-30(36)35(2)3/h7-10,12-20,22H,4-6,11,21H2,1-3H3,(H,32,34)/b14-10+,31-26+. The van der Waals surface area contributed by atoms with Crippen molar-refractivity contribution in [1.82, 2.24) is 20.1 Å². The summed E-state index contributed by atoms with van der Waals surface area (Å²) in [6.45, 7) is 2.82. The summed E-state index contributed by atoms with van der Waals surface area (Å²) in [4.78, 5) is 18.1. The lowest BCUT2D eigenvalue weighted by molar-refractivity contribution is -0.123. The predicted octanol–water partition coefficient (Wildman–Crippen LogP) is 6.52. The van der Waals surface area contributed by atoms with Gasteiger partial charge in [0.1, 0.15) is 11.3 Å². The third-order valence-corrected chi connectivity index (χ3v) is 6.21. The molecule has 2 aromatic heterocycles. The molecule has 6 nitrogen and oxygen atoms in total. The lowest BCUT2D eigenvalue weighted by Crippen LogP contribution is -2.18. The van der Waals surface area contributed by atoms with Crippen molar-refractivity contribution < 1.29 is 9.53 Å². The van der Waals surface area contributed by atoms with E-state index < -0.39 is 0 Å². The molecule has 4 aromatic rings. The monoisotopic (exact) mass is 494 g/mol. The normalized spacial score (nSPS) is 12.1. The van der Waals surface area contributed by atoms with E-state index in [0.29, 0.717) is 6.61 Å². The van der Waals surface area contributed by atoms with Gasteiger partial charge < -0.3 is 9.64 Å². The third-order valence-electron chi connectivity index (χ3n) is 6.21. The minimum Gasteiger partial charge on any atom is -0.494 e. The highest BCUT2D eigenvalue weighted by Gasteiger charge is 2.15. The van der Waals surface area contributed by atoms with Gasteiger partial charge in [-0.05, 0) is 72.7 Å². The van der Waals surface area contributed by atoms with E-state index in [0.717, 1.165) is 59.3 Å². The number of aromatic nitrogens is 3. The van der Waals surface area contributed by atoms with Crippen LogP contribution in [-0.4, -0.2) is 46.7 Å². The van der Waals surface area contributed by atoms with Gasteiger partial charge in [0, 0.05) is 19.7 Å². The zero-order valence-corrected chi connectivity index (χ0v) is 21.8. The summed E-state index contributed by atoms with van der Waals surface area (Å²) in [6, 6.07) is 22.9. The number of likely N-dealkylation sites (N-methyl/N-ethyl adjacent to an activating group) is 1. The molecule has 4 rings (SSSR count). The Kier molecular flexibility index (Phi) is 8.87. The zero-order valence-electron chi connectivity index (χ0n) is 21.8. The molecule has 0 bridgehead atoms. The van der Waals surface area contributed by atoms with Gasteiger partial charge >= 0.3 is 0 Å². The average molecular weight is 495 g/mol. The van der Waals surface area contributed by atoms with Crippen LogP contribution in [0.3, 0.4) is 0 Å². The lowest BCUT2D eigenvalue weighted by atomic mass is 9.90. The number of pyridine rings is 1. The largest absolute Gasteiger partial charge is 0.494 e. The molecule has 0 fully saturated rings. The number of ether oxygens (including phenoxy) is 1. The highest BCUT2D eigenvalue weighted by Crippen LogP contribution is 2.34. The van der Waals surface area contributed by atoms with Crippen LogP contribution in [-0.2, 0) is 4.79 Å². The fourth-order valence-corrected chi connectivity index (χ4v) is 4.22. The van der Waals surface area contributed by atoms with Crippen molar-refractivity contribution in [3.63, 3.8) is 0 Å². The number of rotatable bonds is 11. The molecule has 0 aliphatic rings. The second-order valence-electron chi connectivity index (χ2n) is 9.08. The van der Waals surface area contributed by atoms with Crippen LogP contribution >= 0.6 is 0 Å². The number of carbonyl (C=O) groups is 1. The Bertz CT molecular complexity index is 1370. The Labute approximate surface area is 218 Å². The molecule has 190 valence electrons. The number of hydrogen-bond donors (Lipinski definition) is 1. The van der Waals surface area contributed by atoms with E-state index in [1.54, 1.807) is 31.3 Å². The number of nitrogens with zero attached hydrogens (tertiary/aromatic N) is 3. The third kappa shape index (κ3) is 6.73. The Morgan fingerprint density at radius 1 is 0.973 bits per heavy atom. The van der Waals surface area contributed by atoms with Crippen molar-refractivity contribution in [2.45, 2.75) is 32.6 Å². The molecule has 2 aromatic carbocycles. The average Bonchev–Trinajstić information content (AvgIpc) is 3.40. The van der Waals surface area contributed by atoms with Crippen molar-refractivity contribution in [3.05, 3.63) is 102 Å². The molecule has 2 heterocycles. The summed E-state index contributed by atoms with van der Waals surface area (Å²) in [7, 11) is 3.51. The van der Waals surface area contributed by atoms with Gasteiger partial charge in [-0.1, -0.05) is 55.5 Å². The quantitative estimate of drug-likeness (QED) is 0.146. The smallest absolute Gasteiger partial charge is 0.245 e. The maximum atomic E-state index is 11.6. The highest BCUT2D eigenvalue weighted by molar-refractivity contribution is 5.98. The van der Waals surface area contributed by atoms with Crippen molar-refractivity contribution in [1.29, 1.82) is 0 Å². The predicted molar refractivity (Wildman–Crippen MR) is 150 cm³/mol. The minimum absolute atomic E-state index is 0.0168. The van der Waals surface area contributed by atoms with Crippen LogP contribution in [0.25, 0.3) is 22.2 Å². The summed E-state index contributed by atoms with van der Waals surface area (Å²) in [5.74, 6) is 0.862. The molecular formula is C31H34N4O2.